The maximum Gasteiger partial charge on any atom is 0.416 e. The zero-order valence-corrected chi connectivity index (χ0v) is 8.77. The van der Waals surface area contributed by atoms with Crippen LogP contribution in [0.5, 0.6) is 5.75 Å². The highest BCUT2D eigenvalue weighted by Crippen LogP contribution is 2.35. The van der Waals surface area contributed by atoms with E-state index in [1.54, 1.807) is 0 Å². The topological polar surface area (TPSA) is 35.2 Å². The molecule has 1 unspecified atom stereocenters. The number of fused-ring (bicyclic) bond motifs is 1. The molecule has 2 nitrogen and oxygen atoms in total. The molecule has 1 aromatic carbocycles. The molecule has 0 fully saturated rings. The average Bonchev–Trinajstić information content (AvgIpc) is 2.14. The van der Waals surface area contributed by atoms with Gasteiger partial charge in [-0.05, 0) is 31.0 Å². The zero-order chi connectivity index (χ0) is 12.0. The van der Waals surface area contributed by atoms with Crippen LogP contribution in [0.4, 0.5) is 13.2 Å². The minimum Gasteiger partial charge on any atom is -0.491 e. The third-order valence-electron chi connectivity index (χ3n) is 2.55. The van der Waals surface area contributed by atoms with Crippen LogP contribution in [0.3, 0.4) is 0 Å². The second kappa shape index (κ2) is 3.38. The molecule has 0 aliphatic carbocycles. The molecule has 1 aliphatic heterocycles. The summed E-state index contributed by atoms with van der Waals surface area (Å²) in [6, 6.07) is 3.52. The molecule has 0 amide bonds. The van der Waals surface area contributed by atoms with Crippen molar-refractivity contribution in [1.29, 1.82) is 0 Å². The Morgan fingerprint density at radius 1 is 1.38 bits per heavy atom. The lowest BCUT2D eigenvalue weighted by Gasteiger charge is -2.31. The number of ether oxygens (including phenoxy) is 1. The Labute approximate surface area is 91.2 Å². The molecule has 88 valence electrons. The van der Waals surface area contributed by atoms with Crippen LogP contribution in [0.1, 0.15) is 18.1 Å². The van der Waals surface area contributed by atoms with E-state index in [0.29, 0.717) is 6.42 Å². The van der Waals surface area contributed by atoms with E-state index < -0.39 is 17.3 Å². The number of hydrogen-bond donors (Lipinski definition) is 1. The summed E-state index contributed by atoms with van der Waals surface area (Å²) < 4.78 is 42.5. The molecule has 0 saturated carbocycles. The Kier molecular flexibility index (Phi) is 2.38. The molecule has 0 aromatic heterocycles. The number of alkyl halides is 3. The molecule has 16 heavy (non-hydrogen) atoms. The molecular formula is C11H12F3NO. The molecule has 0 radical (unpaired) electrons. The highest BCUT2D eigenvalue weighted by molar-refractivity contribution is 5.41. The number of halogens is 3. The predicted octanol–water partition coefficient (Wildman–Crippen LogP) is 2.36. The number of hydrogen-bond acceptors (Lipinski definition) is 2. The minimum absolute atomic E-state index is 0.237. The van der Waals surface area contributed by atoms with E-state index in [2.05, 4.69) is 0 Å². The SMILES string of the molecule is CC1(N)COc2cc(C(F)(F)F)ccc2C1. The van der Waals surface area contributed by atoms with Crippen LogP contribution in [0, 0.1) is 0 Å². The van der Waals surface area contributed by atoms with Gasteiger partial charge in [0.15, 0.2) is 0 Å². The van der Waals surface area contributed by atoms with E-state index in [0.717, 1.165) is 17.7 Å². The van der Waals surface area contributed by atoms with Gasteiger partial charge in [0.05, 0.1) is 11.1 Å². The Hall–Kier alpha value is -1.23. The monoisotopic (exact) mass is 231 g/mol. The Bertz CT molecular complexity index is 412. The first-order valence-corrected chi connectivity index (χ1v) is 4.90. The number of benzene rings is 1. The molecule has 0 saturated heterocycles. The Balaban J connectivity index is 2.36. The minimum atomic E-state index is -4.33. The van der Waals surface area contributed by atoms with Crippen LogP contribution in [0.2, 0.25) is 0 Å². The van der Waals surface area contributed by atoms with Gasteiger partial charge in [0.1, 0.15) is 12.4 Å². The van der Waals surface area contributed by atoms with Crippen molar-refractivity contribution < 1.29 is 17.9 Å². The van der Waals surface area contributed by atoms with Crippen LogP contribution in [0.15, 0.2) is 18.2 Å². The van der Waals surface area contributed by atoms with Crippen molar-refractivity contribution in [3.8, 4) is 5.75 Å². The first kappa shape index (κ1) is 11.3. The van der Waals surface area contributed by atoms with E-state index in [-0.39, 0.29) is 12.4 Å². The van der Waals surface area contributed by atoms with Crippen molar-refractivity contribution in [3.05, 3.63) is 29.3 Å². The lowest BCUT2D eigenvalue weighted by atomic mass is 9.91. The van der Waals surface area contributed by atoms with Crippen LogP contribution in [-0.2, 0) is 12.6 Å². The van der Waals surface area contributed by atoms with Gasteiger partial charge >= 0.3 is 6.18 Å². The molecule has 2 N–H and O–H groups in total. The summed E-state index contributed by atoms with van der Waals surface area (Å²) >= 11 is 0. The summed E-state index contributed by atoms with van der Waals surface area (Å²) in [7, 11) is 0. The molecule has 0 spiro atoms. The van der Waals surface area contributed by atoms with Gasteiger partial charge in [-0.25, -0.2) is 0 Å². The number of nitrogens with two attached hydrogens (primary N) is 1. The van der Waals surface area contributed by atoms with E-state index in [1.165, 1.54) is 6.07 Å². The van der Waals surface area contributed by atoms with Crippen molar-refractivity contribution in [1.82, 2.24) is 0 Å². The normalized spacial score (nSPS) is 24.8. The van der Waals surface area contributed by atoms with Gasteiger partial charge < -0.3 is 10.5 Å². The van der Waals surface area contributed by atoms with Gasteiger partial charge in [0.2, 0.25) is 0 Å². The van der Waals surface area contributed by atoms with Crippen molar-refractivity contribution in [2.24, 2.45) is 5.73 Å². The fourth-order valence-electron chi connectivity index (χ4n) is 1.74. The first-order chi connectivity index (χ1) is 7.28. The maximum absolute atomic E-state index is 12.4. The van der Waals surface area contributed by atoms with E-state index in [4.69, 9.17) is 10.5 Å². The molecule has 5 heteroatoms. The summed E-state index contributed by atoms with van der Waals surface area (Å²) in [4.78, 5) is 0. The quantitative estimate of drug-likeness (QED) is 0.743. The van der Waals surface area contributed by atoms with Crippen LogP contribution >= 0.6 is 0 Å². The molecule has 1 atom stereocenters. The average molecular weight is 231 g/mol. The smallest absolute Gasteiger partial charge is 0.416 e. The fourth-order valence-corrected chi connectivity index (χ4v) is 1.74. The third kappa shape index (κ3) is 2.14. The van der Waals surface area contributed by atoms with Gasteiger partial charge in [-0.3, -0.25) is 0 Å². The van der Waals surface area contributed by atoms with E-state index in [1.807, 2.05) is 6.92 Å². The highest BCUT2D eigenvalue weighted by atomic mass is 19.4. The standard InChI is InChI=1S/C11H12F3NO/c1-10(15)5-7-2-3-8(11(12,13)14)4-9(7)16-6-10/h2-4H,5-6,15H2,1H3. The molecular weight excluding hydrogens is 219 g/mol. The van der Waals surface area contributed by atoms with Gasteiger partial charge in [0.25, 0.3) is 0 Å². The molecule has 1 aliphatic rings. The van der Waals surface area contributed by atoms with Crippen molar-refractivity contribution in [3.63, 3.8) is 0 Å². The van der Waals surface area contributed by atoms with Crippen molar-refractivity contribution >= 4 is 0 Å². The predicted molar refractivity (Wildman–Crippen MR) is 53.2 cm³/mol. The summed E-state index contributed by atoms with van der Waals surface area (Å²) in [5.74, 6) is 0.290. The maximum atomic E-state index is 12.4. The number of rotatable bonds is 0. The van der Waals surface area contributed by atoms with Crippen LogP contribution < -0.4 is 10.5 Å². The first-order valence-electron chi connectivity index (χ1n) is 4.90. The van der Waals surface area contributed by atoms with Crippen molar-refractivity contribution in [2.75, 3.05) is 6.61 Å². The van der Waals surface area contributed by atoms with E-state index >= 15 is 0 Å². The Morgan fingerprint density at radius 3 is 2.69 bits per heavy atom. The zero-order valence-electron chi connectivity index (χ0n) is 8.77. The van der Waals surface area contributed by atoms with Gasteiger partial charge in [-0.2, -0.15) is 13.2 Å². The second-order valence-electron chi connectivity index (χ2n) is 4.44. The molecule has 1 heterocycles. The fraction of sp³-hybridized carbons (Fsp3) is 0.455. The van der Waals surface area contributed by atoms with Gasteiger partial charge in [-0.1, -0.05) is 6.07 Å². The van der Waals surface area contributed by atoms with Crippen molar-refractivity contribution in [2.45, 2.75) is 25.1 Å². The lowest BCUT2D eigenvalue weighted by Crippen LogP contribution is -2.47. The summed E-state index contributed by atoms with van der Waals surface area (Å²) in [5, 5.41) is 0. The summed E-state index contributed by atoms with van der Waals surface area (Å²) in [6.07, 6.45) is -3.80. The summed E-state index contributed by atoms with van der Waals surface area (Å²) in [6.45, 7) is 2.05. The summed E-state index contributed by atoms with van der Waals surface area (Å²) in [5.41, 5.74) is 5.40. The van der Waals surface area contributed by atoms with Crippen LogP contribution in [-0.4, -0.2) is 12.1 Å². The molecule has 0 bridgehead atoms. The van der Waals surface area contributed by atoms with E-state index in [9.17, 15) is 13.2 Å². The largest absolute Gasteiger partial charge is 0.491 e. The Morgan fingerprint density at radius 2 is 2.06 bits per heavy atom. The molecule has 2 rings (SSSR count). The molecule has 1 aromatic rings. The van der Waals surface area contributed by atoms with Gasteiger partial charge in [-0.15, -0.1) is 0 Å². The van der Waals surface area contributed by atoms with Gasteiger partial charge in [0, 0.05) is 0 Å². The second-order valence-corrected chi connectivity index (χ2v) is 4.44. The highest BCUT2D eigenvalue weighted by Gasteiger charge is 2.33. The van der Waals surface area contributed by atoms with Crippen LogP contribution in [0.25, 0.3) is 0 Å². The lowest BCUT2D eigenvalue weighted by molar-refractivity contribution is -0.137. The third-order valence-corrected chi connectivity index (χ3v) is 2.55.